The lowest BCUT2D eigenvalue weighted by molar-refractivity contribution is 0.0998. The molecule has 134 valence electrons. The molecular weight excluding hydrogens is 348 g/mol. The van der Waals surface area contributed by atoms with E-state index < -0.39 is 0 Å². The first-order valence-electron chi connectivity index (χ1n) is 8.09. The second-order valence-electron chi connectivity index (χ2n) is 5.75. The number of thiazole rings is 1. The van der Waals surface area contributed by atoms with Crippen molar-refractivity contribution in [2.75, 3.05) is 14.2 Å². The van der Waals surface area contributed by atoms with E-state index in [9.17, 15) is 4.79 Å². The lowest BCUT2D eigenvalue weighted by atomic mass is 10.1. The third-order valence-corrected chi connectivity index (χ3v) is 5.00. The van der Waals surface area contributed by atoms with Gasteiger partial charge in [0, 0.05) is 24.2 Å². The van der Waals surface area contributed by atoms with Crippen LogP contribution in [0.15, 0.2) is 54.0 Å². The molecule has 0 unspecified atom stereocenters. The Morgan fingerprint density at radius 2 is 1.96 bits per heavy atom. The molecule has 3 aromatic rings. The number of hydrogen-bond acceptors (Lipinski definition) is 4. The minimum atomic E-state index is -0.267. The molecule has 0 aliphatic heterocycles. The lowest BCUT2D eigenvalue weighted by Crippen LogP contribution is -2.16. The molecule has 0 radical (unpaired) electrons. The monoisotopic (exact) mass is 368 g/mol. The fourth-order valence-corrected chi connectivity index (χ4v) is 3.76. The van der Waals surface area contributed by atoms with Crippen LogP contribution < -0.4 is 14.3 Å². The number of carbonyl (C=O) groups is 1. The van der Waals surface area contributed by atoms with Gasteiger partial charge in [-0.3, -0.25) is 4.79 Å². The largest absolute Gasteiger partial charge is 0.493 e. The number of carbonyl (C=O) groups excluding carboxylic acids is 1. The van der Waals surface area contributed by atoms with Gasteiger partial charge in [0.25, 0.3) is 5.91 Å². The molecule has 26 heavy (non-hydrogen) atoms. The smallest absolute Gasteiger partial charge is 0.279 e. The number of allylic oxidation sites excluding steroid dienone is 1. The first-order chi connectivity index (χ1) is 12.6. The van der Waals surface area contributed by atoms with E-state index in [-0.39, 0.29) is 5.91 Å². The van der Waals surface area contributed by atoms with E-state index >= 15 is 0 Å². The number of aryl methyl sites for hydroxylation is 1. The molecule has 0 bridgehead atoms. The number of rotatable bonds is 5. The predicted octanol–water partition coefficient (Wildman–Crippen LogP) is 3.96. The minimum Gasteiger partial charge on any atom is -0.493 e. The van der Waals surface area contributed by atoms with Gasteiger partial charge in [0.1, 0.15) is 0 Å². The number of methoxy groups -OCH3 is 2. The number of aromatic nitrogens is 1. The lowest BCUT2D eigenvalue weighted by Gasteiger charge is -2.08. The highest BCUT2D eigenvalue weighted by Gasteiger charge is 2.13. The number of fused-ring (bicyclic) bond motifs is 1. The van der Waals surface area contributed by atoms with Gasteiger partial charge in [-0.25, -0.2) is 0 Å². The van der Waals surface area contributed by atoms with Crippen LogP contribution in [0.5, 0.6) is 11.5 Å². The van der Waals surface area contributed by atoms with Crippen molar-refractivity contribution in [2.24, 2.45) is 4.99 Å². The van der Waals surface area contributed by atoms with Gasteiger partial charge in [-0.05, 0) is 19.1 Å². The number of benzene rings is 2. The van der Waals surface area contributed by atoms with Crippen molar-refractivity contribution in [1.29, 1.82) is 0 Å². The topological polar surface area (TPSA) is 52.8 Å². The molecule has 0 saturated heterocycles. The van der Waals surface area contributed by atoms with Gasteiger partial charge in [0.15, 0.2) is 16.3 Å². The van der Waals surface area contributed by atoms with Gasteiger partial charge >= 0.3 is 0 Å². The Bertz CT molecular complexity index is 1050. The van der Waals surface area contributed by atoms with Gasteiger partial charge in [-0.2, -0.15) is 4.99 Å². The molecule has 3 rings (SSSR count). The van der Waals surface area contributed by atoms with Gasteiger partial charge in [-0.1, -0.05) is 35.1 Å². The van der Waals surface area contributed by atoms with Crippen LogP contribution in [0.25, 0.3) is 10.2 Å². The summed E-state index contributed by atoms with van der Waals surface area (Å²) in [6.45, 7) is 6.30. The van der Waals surface area contributed by atoms with E-state index in [2.05, 4.69) is 11.6 Å². The zero-order valence-electron chi connectivity index (χ0n) is 15.0. The molecule has 1 amide bonds. The van der Waals surface area contributed by atoms with Crippen molar-refractivity contribution in [3.05, 3.63) is 65.0 Å². The predicted molar refractivity (Wildman–Crippen MR) is 104 cm³/mol. The van der Waals surface area contributed by atoms with Crippen molar-refractivity contribution >= 4 is 27.5 Å². The summed E-state index contributed by atoms with van der Waals surface area (Å²) >= 11 is 1.43. The number of ether oxygens (including phenoxy) is 2. The van der Waals surface area contributed by atoms with Crippen LogP contribution in [-0.2, 0) is 6.54 Å². The summed E-state index contributed by atoms with van der Waals surface area (Å²) in [5.41, 5.74) is 2.52. The molecule has 6 heteroatoms. The number of nitrogens with zero attached hydrogens (tertiary/aromatic N) is 2. The Morgan fingerprint density at radius 1 is 1.23 bits per heavy atom. The zero-order chi connectivity index (χ0) is 18.7. The Kier molecular flexibility index (Phi) is 5.23. The first kappa shape index (κ1) is 17.9. The third-order valence-electron chi connectivity index (χ3n) is 3.96. The Balaban J connectivity index is 2.19. The van der Waals surface area contributed by atoms with Gasteiger partial charge in [0.2, 0.25) is 0 Å². The molecule has 1 heterocycles. The minimum absolute atomic E-state index is 0.267. The third kappa shape index (κ3) is 3.41. The molecule has 0 aliphatic rings. The number of amides is 1. The highest BCUT2D eigenvalue weighted by atomic mass is 32.1. The highest BCUT2D eigenvalue weighted by molar-refractivity contribution is 7.16. The van der Waals surface area contributed by atoms with Crippen molar-refractivity contribution < 1.29 is 14.3 Å². The van der Waals surface area contributed by atoms with Crippen LogP contribution in [-0.4, -0.2) is 24.7 Å². The SMILES string of the molecule is C=CCn1c(=NC(=O)c2cccc(C)c2)sc2cc(OC)c(OC)cc21. The van der Waals surface area contributed by atoms with E-state index in [1.54, 1.807) is 26.4 Å². The molecule has 1 aromatic heterocycles. The van der Waals surface area contributed by atoms with Crippen molar-refractivity contribution in [2.45, 2.75) is 13.5 Å². The molecule has 0 aliphatic carbocycles. The maximum atomic E-state index is 12.6. The average molecular weight is 368 g/mol. The number of hydrogen-bond donors (Lipinski definition) is 0. The normalized spacial score (nSPS) is 11.6. The fraction of sp³-hybridized carbons (Fsp3) is 0.200. The van der Waals surface area contributed by atoms with E-state index in [0.29, 0.717) is 28.4 Å². The van der Waals surface area contributed by atoms with Crippen LogP contribution in [0.3, 0.4) is 0 Å². The van der Waals surface area contributed by atoms with Crippen molar-refractivity contribution in [3.8, 4) is 11.5 Å². The van der Waals surface area contributed by atoms with Gasteiger partial charge < -0.3 is 14.0 Å². The summed E-state index contributed by atoms with van der Waals surface area (Å²) < 4.78 is 13.7. The maximum absolute atomic E-state index is 12.6. The van der Waals surface area contributed by atoms with Crippen LogP contribution in [0.1, 0.15) is 15.9 Å². The Labute approximate surface area is 155 Å². The summed E-state index contributed by atoms with van der Waals surface area (Å²) in [7, 11) is 3.20. The quantitative estimate of drug-likeness (QED) is 0.641. The Morgan fingerprint density at radius 3 is 2.62 bits per heavy atom. The molecule has 0 spiro atoms. The van der Waals surface area contributed by atoms with Crippen molar-refractivity contribution in [3.63, 3.8) is 0 Å². The zero-order valence-corrected chi connectivity index (χ0v) is 15.8. The molecule has 0 N–H and O–H groups in total. The van der Waals surface area contributed by atoms with Crippen molar-refractivity contribution in [1.82, 2.24) is 4.57 Å². The van der Waals surface area contributed by atoms with Crippen LogP contribution in [0.2, 0.25) is 0 Å². The summed E-state index contributed by atoms with van der Waals surface area (Å²) in [6, 6.07) is 11.2. The molecule has 0 fully saturated rings. The van der Waals surface area contributed by atoms with E-state index in [0.717, 1.165) is 15.8 Å². The molecular formula is C20H20N2O3S. The van der Waals surface area contributed by atoms with Gasteiger partial charge in [0.05, 0.1) is 24.4 Å². The highest BCUT2D eigenvalue weighted by Crippen LogP contribution is 2.33. The van der Waals surface area contributed by atoms with E-state index in [1.807, 2.05) is 41.8 Å². The summed E-state index contributed by atoms with van der Waals surface area (Å²) in [5, 5.41) is 0. The summed E-state index contributed by atoms with van der Waals surface area (Å²) in [4.78, 5) is 17.6. The van der Waals surface area contributed by atoms with E-state index in [1.165, 1.54) is 11.3 Å². The Hall–Kier alpha value is -2.86. The first-order valence-corrected chi connectivity index (χ1v) is 8.91. The second kappa shape index (κ2) is 7.58. The van der Waals surface area contributed by atoms with Crippen LogP contribution >= 0.6 is 11.3 Å². The van der Waals surface area contributed by atoms with Gasteiger partial charge in [-0.15, -0.1) is 6.58 Å². The average Bonchev–Trinajstić information content (AvgIpc) is 2.97. The fourth-order valence-electron chi connectivity index (χ4n) is 2.72. The van der Waals surface area contributed by atoms with Crippen LogP contribution in [0.4, 0.5) is 0 Å². The molecule has 0 saturated carbocycles. The molecule has 2 aromatic carbocycles. The summed E-state index contributed by atoms with van der Waals surface area (Å²) in [5.74, 6) is 1.01. The maximum Gasteiger partial charge on any atom is 0.279 e. The van der Waals surface area contributed by atoms with E-state index in [4.69, 9.17) is 9.47 Å². The molecule has 0 atom stereocenters. The molecule has 5 nitrogen and oxygen atoms in total. The second-order valence-corrected chi connectivity index (χ2v) is 6.75. The standard InChI is InChI=1S/C20H20N2O3S/c1-5-9-22-15-11-16(24-3)17(25-4)12-18(15)26-20(22)21-19(23)14-8-6-7-13(2)10-14/h5-8,10-12H,1,9H2,2-4H3. The summed E-state index contributed by atoms with van der Waals surface area (Å²) in [6.07, 6.45) is 1.78. The van der Waals surface area contributed by atoms with Crippen LogP contribution in [0, 0.1) is 6.92 Å².